The average molecular weight is 499 g/mol. The largest absolute Gasteiger partial charge is 0.497 e. The van der Waals surface area contributed by atoms with Crippen LogP contribution in [0.1, 0.15) is 12.8 Å². The molecule has 188 valence electrons. The summed E-state index contributed by atoms with van der Waals surface area (Å²) >= 11 is 0. The normalized spacial score (nSPS) is 33.0. The molecule has 0 aromatic heterocycles. The highest BCUT2D eigenvalue weighted by molar-refractivity contribution is 6.22. The van der Waals surface area contributed by atoms with E-state index >= 15 is 0 Å². The molecule has 8 nitrogen and oxygen atoms in total. The predicted octanol–water partition coefficient (Wildman–Crippen LogP) is 3.21. The minimum Gasteiger partial charge on any atom is -0.497 e. The summed E-state index contributed by atoms with van der Waals surface area (Å²) in [7, 11) is 1.57. The van der Waals surface area contributed by atoms with Gasteiger partial charge in [-0.05, 0) is 66.5 Å². The molecule has 7 atom stereocenters. The molecule has 0 spiro atoms. The highest BCUT2D eigenvalue weighted by Crippen LogP contribution is 2.65. The quantitative estimate of drug-likeness (QED) is 0.272. The number of hydrogen-bond acceptors (Lipinski definition) is 6. The zero-order chi connectivity index (χ0) is 25.4. The SMILES string of the molecule is COc1ccc(N2C[C@H](C(=O)Oc3cccc(N4C(=O)[C@@H]5[C@H]6C=C[C@@H]([C@@H]7C[C@@H]67)[C@H]5C4=O)c3)CC2=O)cc1. The van der Waals surface area contributed by atoms with Crippen molar-refractivity contribution >= 4 is 35.1 Å². The molecule has 8 heteroatoms. The third-order valence-electron chi connectivity index (χ3n) is 8.80. The van der Waals surface area contributed by atoms with Crippen molar-refractivity contribution in [1.82, 2.24) is 0 Å². The molecule has 3 amide bonds. The Morgan fingerprint density at radius 1 is 0.865 bits per heavy atom. The fourth-order valence-corrected chi connectivity index (χ4v) is 6.97. The van der Waals surface area contributed by atoms with E-state index in [0.29, 0.717) is 29.0 Å². The maximum Gasteiger partial charge on any atom is 0.316 e. The van der Waals surface area contributed by atoms with Crippen molar-refractivity contribution in [2.45, 2.75) is 12.8 Å². The van der Waals surface area contributed by atoms with Crippen molar-refractivity contribution in [3.05, 3.63) is 60.7 Å². The molecule has 2 aromatic rings. The Bertz CT molecular complexity index is 1330. The van der Waals surface area contributed by atoms with Gasteiger partial charge in [0.25, 0.3) is 0 Å². The maximum absolute atomic E-state index is 13.4. The number of hydrogen-bond donors (Lipinski definition) is 0. The topological polar surface area (TPSA) is 93.2 Å². The van der Waals surface area contributed by atoms with E-state index in [2.05, 4.69) is 12.2 Å². The van der Waals surface area contributed by atoms with Gasteiger partial charge in [0.1, 0.15) is 11.5 Å². The summed E-state index contributed by atoms with van der Waals surface area (Å²) in [5.74, 6) is 0.125. The van der Waals surface area contributed by atoms with E-state index in [1.54, 1.807) is 60.5 Å². The minimum absolute atomic E-state index is 0.0507. The summed E-state index contributed by atoms with van der Waals surface area (Å²) in [6.45, 7) is 0.217. The monoisotopic (exact) mass is 498 g/mol. The van der Waals surface area contributed by atoms with Gasteiger partial charge in [0.15, 0.2) is 0 Å². The Hall–Kier alpha value is -3.94. The lowest BCUT2D eigenvalue weighted by atomic mass is 9.63. The molecular formula is C29H26N2O6. The number of imide groups is 1. The Kier molecular flexibility index (Phi) is 4.83. The van der Waals surface area contributed by atoms with Crippen LogP contribution in [-0.2, 0) is 19.2 Å². The number of amides is 3. The van der Waals surface area contributed by atoms with E-state index < -0.39 is 11.9 Å². The zero-order valence-corrected chi connectivity index (χ0v) is 20.3. The van der Waals surface area contributed by atoms with E-state index in [-0.39, 0.29) is 60.1 Å². The van der Waals surface area contributed by atoms with Gasteiger partial charge in [-0.15, -0.1) is 0 Å². The number of benzene rings is 2. The Morgan fingerprint density at radius 3 is 2.19 bits per heavy atom. The molecule has 37 heavy (non-hydrogen) atoms. The molecule has 2 aromatic carbocycles. The van der Waals surface area contributed by atoms with Gasteiger partial charge in [0, 0.05) is 24.7 Å². The first-order chi connectivity index (χ1) is 17.9. The number of carbonyl (C=O) groups is 4. The molecule has 0 N–H and O–H groups in total. The first-order valence-electron chi connectivity index (χ1n) is 12.8. The van der Waals surface area contributed by atoms with E-state index in [1.165, 1.54) is 4.90 Å². The first kappa shape index (κ1) is 22.3. The van der Waals surface area contributed by atoms with Gasteiger partial charge in [-0.25, -0.2) is 4.90 Å². The number of anilines is 2. The van der Waals surface area contributed by atoms with Crippen molar-refractivity contribution in [2.24, 2.45) is 41.4 Å². The third-order valence-corrected chi connectivity index (χ3v) is 8.80. The molecule has 2 saturated carbocycles. The van der Waals surface area contributed by atoms with Crippen molar-refractivity contribution < 1.29 is 28.7 Å². The second-order valence-corrected chi connectivity index (χ2v) is 10.7. The molecule has 4 fully saturated rings. The molecule has 4 aliphatic carbocycles. The van der Waals surface area contributed by atoms with E-state index in [0.717, 1.165) is 6.42 Å². The number of carbonyl (C=O) groups excluding carboxylic acids is 4. The summed E-state index contributed by atoms with van der Waals surface area (Å²) in [5.41, 5.74) is 1.11. The Morgan fingerprint density at radius 2 is 1.54 bits per heavy atom. The van der Waals surface area contributed by atoms with E-state index in [1.807, 2.05) is 0 Å². The summed E-state index contributed by atoms with van der Waals surface area (Å²) in [5, 5.41) is 0. The Labute approximate surface area is 213 Å². The molecule has 2 saturated heterocycles. The lowest BCUT2D eigenvalue weighted by Gasteiger charge is -2.37. The van der Waals surface area contributed by atoms with Crippen molar-refractivity contribution in [1.29, 1.82) is 0 Å². The van der Waals surface area contributed by atoms with Crippen LogP contribution in [0.5, 0.6) is 11.5 Å². The molecular weight excluding hydrogens is 472 g/mol. The van der Waals surface area contributed by atoms with Crippen molar-refractivity contribution in [2.75, 3.05) is 23.5 Å². The van der Waals surface area contributed by atoms with E-state index in [9.17, 15) is 19.2 Å². The molecule has 2 aliphatic heterocycles. The van der Waals surface area contributed by atoms with Gasteiger partial charge in [0.05, 0.1) is 30.6 Å². The number of allylic oxidation sites excluding steroid dienone is 2. The number of nitrogens with zero attached hydrogens (tertiary/aromatic N) is 2. The molecule has 2 bridgehead atoms. The standard InChI is InChI=1S/C29H26N2O6/c1-36-18-7-5-16(6-8-18)30-14-15(11-24(30)32)29(35)37-19-4-2-3-17(12-19)31-27(33)25-20-9-10-21(23-13-22(20)23)26(25)28(31)34/h2-10,12,15,20-23,25-26H,11,13-14H2,1H3/t15-,20+,21+,22+,23+,25-,26-/m1/s1. The highest BCUT2D eigenvalue weighted by Gasteiger charge is 2.67. The fourth-order valence-electron chi connectivity index (χ4n) is 6.97. The molecule has 0 unspecified atom stereocenters. The zero-order valence-electron chi connectivity index (χ0n) is 20.3. The lowest BCUT2D eigenvalue weighted by Crippen LogP contribution is -2.40. The smallest absolute Gasteiger partial charge is 0.316 e. The summed E-state index contributed by atoms with van der Waals surface area (Å²) in [4.78, 5) is 55.2. The van der Waals surface area contributed by atoms with Gasteiger partial charge >= 0.3 is 5.97 Å². The van der Waals surface area contributed by atoms with Crippen LogP contribution in [0.3, 0.4) is 0 Å². The highest BCUT2D eigenvalue weighted by atomic mass is 16.5. The number of rotatable bonds is 5. The van der Waals surface area contributed by atoms with Crippen LogP contribution in [0.2, 0.25) is 0 Å². The van der Waals surface area contributed by atoms with Crippen molar-refractivity contribution in [3.8, 4) is 11.5 Å². The van der Waals surface area contributed by atoms with Crippen LogP contribution >= 0.6 is 0 Å². The second-order valence-electron chi connectivity index (χ2n) is 10.7. The van der Waals surface area contributed by atoms with Gasteiger partial charge < -0.3 is 14.4 Å². The van der Waals surface area contributed by atoms with Crippen molar-refractivity contribution in [3.63, 3.8) is 0 Å². The number of methoxy groups -OCH3 is 1. The van der Waals surface area contributed by atoms with Crippen LogP contribution in [-0.4, -0.2) is 37.3 Å². The van der Waals surface area contributed by atoms with Crippen LogP contribution in [0.4, 0.5) is 11.4 Å². The third kappa shape index (κ3) is 3.35. The van der Waals surface area contributed by atoms with Gasteiger partial charge in [-0.1, -0.05) is 18.2 Å². The molecule has 6 aliphatic rings. The maximum atomic E-state index is 13.4. The van der Waals surface area contributed by atoms with Crippen LogP contribution < -0.4 is 19.3 Å². The van der Waals surface area contributed by atoms with Gasteiger partial charge in [-0.2, -0.15) is 0 Å². The molecule has 2 heterocycles. The summed E-state index contributed by atoms with van der Waals surface area (Å²) in [6.07, 6.45) is 5.45. The predicted molar refractivity (Wildman–Crippen MR) is 133 cm³/mol. The lowest BCUT2D eigenvalue weighted by molar-refractivity contribution is -0.139. The fraction of sp³-hybridized carbons (Fsp3) is 0.379. The van der Waals surface area contributed by atoms with Gasteiger partial charge in [-0.3, -0.25) is 19.2 Å². The van der Waals surface area contributed by atoms with Crippen LogP contribution in [0.25, 0.3) is 0 Å². The minimum atomic E-state index is -0.621. The number of esters is 1. The summed E-state index contributed by atoms with van der Waals surface area (Å²) in [6, 6.07) is 13.7. The molecule has 0 radical (unpaired) electrons. The van der Waals surface area contributed by atoms with Crippen LogP contribution in [0, 0.1) is 41.4 Å². The summed E-state index contributed by atoms with van der Waals surface area (Å²) < 4.78 is 10.8. The van der Waals surface area contributed by atoms with Gasteiger partial charge in [0.2, 0.25) is 17.7 Å². The van der Waals surface area contributed by atoms with E-state index in [4.69, 9.17) is 9.47 Å². The Balaban J connectivity index is 1.06. The van der Waals surface area contributed by atoms with Crippen LogP contribution in [0.15, 0.2) is 60.7 Å². The first-order valence-corrected chi connectivity index (χ1v) is 12.8. The average Bonchev–Trinajstić information content (AvgIpc) is 3.59. The second kappa shape index (κ2) is 8.03. The number of ether oxygens (including phenoxy) is 2. The molecule has 8 rings (SSSR count).